The molecule has 11 nitrogen and oxygen atoms in total. The summed E-state index contributed by atoms with van der Waals surface area (Å²) in [4.78, 5) is 30.7. The number of aliphatic hydroxyl groups excluding tert-OH is 2. The molecule has 2 fully saturated rings. The van der Waals surface area contributed by atoms with Crippen LogP contribution in [0.1, 0.15) is 93.9 Å². The number of nitrogens with zero attached hydrogens (tertiary/aromatic N) is 2. The van der Waals surface area contributed by atoms with Crippen LogP contribution < -0.4 is 0 Å². The Morgan fingerprint density at radius 3 is 2.58 bits per heavy atom. The number of cyclic esters (lactones) is 1. The fourth-order valence-electron chi connectivity index (χ4n) is 7.04. The van der Waals surface area contributed by atoms with E-state index in [0.29, 0.717) is 38.3 Å². The lowest BCUT2D eigenvalue weighted by Crippen LogP contribution is -2.47. The minimum atomic E-state index is -1.15. The monoisotopic (exact) mass is 706 g/mol. The summed E-state index contributed by atoms with van der Waals surface area (Å²) < 4.78 is 23.8. The van der Waals surface area contributed by atoms with Gasteiger partial charge >= 0.3 is 12.1 Å². The van der Waals surface area contributed by atoms with Gasteiger partial charge in [-0.3, -0.25) is 4.79 Å². The maximum absolute atomic E-state index is 13.6. The van der Waals surface area contributed by atoms with Crippen molar-refractivity contribution in [2.75, 3.05) is 39.8 Å². The summed E-state index contributed by atoms with van der Waals surface area (Å²) in [5, 5.41) is 32.0. The van der Waals surface area contributed by atoms with Gasteiger partial charge in [0.1, 0.15) is 11.7 Å². The molecule has 3 aliphatic rings. The number of methoxy groups -OCH3 is 1. The molecule has 0 saturated carbocycles. The molecule has 50 heavy (non-hydrogen) atoms. The van der Waals surface area contributed by atoms with Crippen LogP contribution >= 0.6 is 0 Å². The van der Waals surface area contributed by atoms with E-state index in [1.165, 1.54) is 0 Å². The number of carbonyl (C=O) groups is 2. The molecule has 0 aromatic heterocycles. The number of hydrogen-bond acceptors (Lipinski definition) is 10. The predicted molar refractivity (Wildman–Crippen MR) is 193 cm³/mol. The summed E-state index contributed by atoms with van der Waals surface area (Å²) >= 11 is 0. The number of esters is 1. The first-order valence-corrected chi connectivity index (χ1v) is 18.7. The second-order valence-electron chi connectivity index (χ2n) is 15.7. The minimum absolute atomic E-state index is 0.00419. The molecule has 10 atom stereocenters. The van der Waals surface area contributed by atoms with Crippen LogP contribution in [0.15, 0.2) is 36.0 Å². The first-order valence-electron chi connectivity index (χ1n) is 18.7. The summed E-state index contributed by atoms with van der Waals surface area (Å²) in [6.07, 6.45) is 7.90. The average molecular weight is 707 g/mol. The summed E-state index contributed by atoms with van der Waals surface area (Å²) in [5.41, 5.74) is -1.35. The van der Waals surface area contributed by atoms with E-state index < -0.39 is 47.7 Å². The van der Waals surface area contributed by atoms with Crippen molar-refractivity contribution in [1.29, 1.82) is 0 Å². The van der Waals surface area contributed by atoms with Crippen molar-refractivity contribution >= 4 is 12.1 Å². The van der Waals surface area contributed by atoms with E-state index in [1.54, 1.807) is 31.1 Å². The highest BCUT2D eigenvalue weighted by molar-refractivity contribution is 5.70. The molecule has 0 aromatic carbocycles. The molecule has 2 saturated heterocycles. The molecule has 286 valence electrons. The number of hydrogen-bond donors (Lipinski definition) is 3. The molecule has 0 bridgehead atoms. The Labute approximate surface area is 300 Å². The zero-order valence-electron chi connectivity index (χ0n) is 32.0. The zero-order chi connectivity index (χ0) is 37.2. The van der Waals surface area contributed by atoms with Crippen LogP contribution in [0.5, 0.6) is 0 Å². The Kier molecular flexibility index (Phi) is 16.0. The molecule has 3 N–H and O–H groups in total. The van der Waals surface area contributed by atoms with Gasteiger partial charge in [-0.2, -0.15) is 0 Å². The number of epoxide rings is 1. The highest BCUT2D eigenvalue weighted by atomic mass is 16.6. The Bertz CT molecular complexity index is 1190. The Morgan fingerprint density at radius 1 is 1.20 bits per heavy atom. The number of rotatable bonds is 12. The molecule has 0 radical (unpaired) electrons. The fourth-order valence-corrected chi connectivity index (χ4v) is 7.04. The highest BCUT2D eigenvalue weighted by Crippen LogP contribution is 2.37. The Hall–Kier alpha value is -2.28. The minimum Gasteiger partial charge on any atom is -0.457 e. The third-order valence-electron chi connectivity index (χ3n) is 10.5. The van der Waals surface area contributed by atoms with E-state index in [4.69, 9.17) is 18.9 Å². The van der Waals surface area contributed by atoms with Crippen molar-refractivity contribution in [2.45, 2.75) is 142 Å². The van der Waals surface area contributed by atoms with Crippen molar-refractivity contribution in [3.63, 3.8) is 0 Å². The van der Waals surface area contributed by atoms with Gasteiger partial charge in [-0.25, -0.2) is 4.79 Å². The number of allylic oxidation sites excluding steroid dienone is 2. The van der Waals surface area contributed by atoms with Gasteiger partial charge in [0, 0.05) is 51.5 Å². The smallest absolute Gasteiger partial charge is 0.410 e. The summed E-state index contributed by atoms with van der Waals surface area (Å²) in [6, 6.07) is 0. The van der Waals surface area contributed by atoms with E-state index >= 15 is 0 Å². The van der Waals surface area contributed by atoms with E-state index in [-0.39, 0.29) is 36.9 Å². The van der Waals surface area contributed by atoms with Gasteiger partial charge < -0.3 is 44.1 Å². The Balaban J connectivity index is 1.77. The molecule has 11 heteroatoms. The third-order valence-corrected chi connectivity index (χ3v) is 10.5. The first-order chi connectivity index (χ1) is 23.5. The van der Waals surface area contributed by atoms with Crippen molar-refractivity contribution < 1.29 is 43.9 Å². The SMILES string of the molecule is CCC(O)C(C)C1OC1CC(C)(O)C=CC=C(C)C1OC(=O)CC(O)CCC(C)(OC)C(OC(=O)N2CCCN(CC(C)C)CC2)C=CC1C. The van der Waals surface area contributed by atoms with Crippen LogP contribution in [0.3, 0.4) is 0 Å². The molecule has 3 heterocycles. The third kappa shape index (κ3) is 12.7. The van der Waals surface area contributed by atoms with Crippen molar-refractivity contribution in [1.82, 2.24) is 9.80 Å². The van der Waals surface area contributed by atoms with Gasteiger partial charge in [0.05, 0.1) is 36.4 Å². The molecule has 0 aromatic rings. The summed E-state index contributed by atoms with van der Waals surface area (Å²) in [5.74, 6) is -0.288. The van der Waals surface area contributed by atoms with Crippen LogP contribution in [-0.4, -0.2) is 125 Å². The van der Waals surface area contributed by atoms with Crippen LogP contribution in [0.25, 0.3) is 0 Å². The average Bonchev–Trinajstić information content (AvgIpc) is 3.85. The summed E-state index contributed by atoms with van der Waals surface area (Å²) in [6.45, 7) is 19.6. The molecule has 0 spiro atoms. The largest absolute Gasteiger partial charge is 0.457 e. The Morgan fingerprint density at radius 2 is 1.92 bits per heavy atom. The quantitative estimate of drug-likeness (QED) is 0.110. The lowest BCUT2D eigenvalue weighted by Gasteiger charge is -2.37. The van der Waals surface area contributed by atoms with E-state index in [0.717, 1.165) is 31.6 Å². The second kappa shape index (κ2) is 19.0. The van der Waals surface area contributed by atoms with Gasteiger partial charge in [-0.05, 0) is 70.6 Å². The maximum Gasteiger partial charge on any atom is 0.410 e. The van der Waals surface area contributed by atoms with Crippen LogP contribution in [0.2, 0.25) is 0 Å². The predicted octanol–water partition coefficient (Wildman–Crippen LogP) is 5.03. The van der Waals surface area contributed by atoms with Crippen molar-refractivity contribution in [2.24, 2.45) is 17.8 Å². The van der Waals surface area contributed by atoms with Crippen LogP contribution in [-0.2, 0) is 23.7 Å². The van der Waals surface area contributed by atoms with Gasteiger partial charge in [0.2, 0.25) is 0 Å². The highest BCUT2D eigenvalue weighted by Gasteiger charge is 2.47. The lowest BCUT2D eigenvalue weighted by molar-refractivity contribution is -0.151. The molecule has 3 rings (SSSR count). The number of ether oxygens (including phenoxy) is 4. The van der Waals surface area contributed by atoms with E-state index in [2.05, 4.69) is 18.7 Å². The van der Waals surface area contributed by atoms with Gasteiger partial charge in [0.25, 0.3) is 0 Å². The van der Waals surface area contributed by atoms with Crippen LogP contribution in [0.4, 0.5) is 4.79 Å². The topological polar surface area (TPSA) is 142 Å². The van der Waals surface area contributed by atoms with E-state index in [1.807, 2.05) is 52.8 Å². The van der Waals surface area contributed by atoms with Gasteiger partial charge in [-0.15, -0.1) is 0 Å². The molecular formula is C39H66N2O9. The molecular weight excluding hydrogens is 640 g/mol. The van der Waals surface area contributed by atoms with E-state index in [9.17, 15) is 24.9 Å². The maximum atomic E-state index is 13.6. The standard InChI is InChI=1S/C39H66N2O9/c1-10-31(43)29(6)36-32(48-36)24-38(7,46)17-11-13-27(4)35-28(5)14-15-33(39(8,47-9)18-16-30(42)23-34(44)50-35)49-37(45)41-20-12-19-40(21-22-41)25-26(2)3/h11,13-15,17,26,28-33,35-36,42-43,46H,10,12,16,18-25H2,1-9H3. The number of carbonyl (C=O) groups excluding carboxylic acids is 2. The summed E-state index contributed by atoms with van der Waals surface area (Å²) in [7, 11) is 1.57. The van der Waals surface area contributed by atoms with Crippen molar-refractivity contribution in [3.8, 4) is 0 Å². The first kappa shape index (κ1) is 42.1. The van der Waals surface area contributed by atoms with Crippen LogP contribution in [0, 0.1) is 17.8 Å². The molecule has 10 unspecified atom stereocenters. The normalized spacial score (nSPS) is 33.2. The van der Waals surface area contributed by atoms with Gasteiger partial charge in [-0.1, -0.05) is 58.9 Å². The van der Waals surface area contributed by atoms with Crippen molar-refractivity contribution in [3.05, 3.63) is 36.0 Å². The fraction of sp³-hybridized carbons (Fsp3) is 0.795. The molecule has 1 amide bonds. The van der Waals surface area contributed by atoms with Gasteiger partial charge in [0.15, 0.2) is 6.10 Å². The number of amides is 1. The zero-order valence-corrected chi connectivity index (χ0v) is 32.0. The number of aliphatic hydroxyl groups is 3. The molecule has 0 aliphatic carbocycles. The molecule has 3 aliphatic heterocycles. The lowest BCUT2D eigenvalue weighted by atomic mass is 9.88. The second-order valence-corrected chi connectivity index (χ2v) is 15.7.